The van der Waals surface area contributed by atoms with Crippen molar-refractivity contribution in [2.45, 2.75) is 31.8 Å². The smallest absolute Gasteiger partial charge is 0.306 e. The second kappa shape index (κ2) is 5.47. The predicted molar refractivity (Wildman–Crippen MR) is 55.5 cm³/mol. The lowest BCUT2D eigenvalue weighted by Crippen LogP contribution is -2.38. The van der Waals surface area contributed by atoms with E-state index in [-0.39, 0.29) is 12.1 Å². The minimum atomic E-state index is -0.0539. The highest BCUT2D eigenvalue weighted by molar-refractivity contribution is 5.69. The summed E-state index contributed by atoms with van der Waals surface area (Å²) in [6, 6.07) is 0. The van der Waals surface area contributed by atoms with E-state index in [9.17, 15) is 4.79 Å². The molecule has 15 heavy (non-hydrogen) atoms. The van der Waals surface area contributed by atoms with E-state index in [0.717, 1.165) is 19.5 Å². The number of carbonyl (C=O) groups is 1. The van der Waals surface area contributed by atoms with Gasteiger partial charge in [-0.1, -0.05) is 0 Å². The van der Waals surface area contributed by atoms with E-state index in [1.54, 1.807) is 0 Å². The zero-order chi connectivity index (χ0) is 10.5. The number of piperidine rings is 1. The third-order valence-electron chi connectivity index (χ3n) is 3.12. The number of hydrogen-bond acceptors (Lipinski definition) is 4. The first-order chi connectivity index (χ1) is 7.34. The van der Waals surface area contributed by atoms with Gasteiger partial charge in [0.2, 0.25) is 0 Å². The normalized spacial score (nSPS) is 23.5. The van der Waals surface area contributed by atoms with Crippen LogP contribution in [0.4, 0.5) is 0 Å². The lowest BCUT2D eigenvalue weighted by molar-refractivity contribution is -0.172. The molecule has 0 amide bonds. The van der Waals surface area contributed by atoms with Crippen molar-refractivity contribution in [3.63, 3.8) is 0 Å². The number of carbonyl (C=O) groups excluding carboxylic acids is 1. The fraction of sp³-hybridized carbons (Fsp3) is 0.909. The van der Waals surface area contributed by atoms with Gasteiger partial charge in [0, 0.05) is 6.42 Å². The molecule has 0 radical (unpaired) electrons. The first-order valence-electron chi connectivity index (χ1n) is 5.82. The van der Waals surface area contributed by atoms with Gasteiger partial charge in [-0.15, -0.1) is 0 Å². The second-order valence-electron chi connectivity index (χ2n) is 4.38. The Labute approximate surface area is 90.3 Å². The molecule has 2 rings (SSSR count). The molecule has 2 heterocycles. The van der Waals surface area contributed by atoms with Gasteiger partial charge < -0.3 is 14.8 Å². The SMILES string of the molecule is O=C(CCC1CCNCC1)OC1COC1. The van der Waals surface area contributed by atoms with Crippen LogP contribution in [0.15, 0.2) is 0 Å². The molecule has 0 aliphatic carbocycles. The number of esters is 1. The van der Waals surface area contributed by atoms with Crippen molar-refractivity contribution in [1.82, 2.24) is 5.32 Å². The number of rotatable bonds is 4. The van der Waals surface area contributed by atoms with Crippen molar-refractivity contribution in [2.75, 3.05) is 26.3 Å². The Hall–Kier alpha value is -0.610. The van der Waals surface area contributed by atoms with Crippen LogP contribution < -0.4 is 5.32 Å². The Morgan fingerprint density at radius 1 is 1.33 bits per heavy atom. The highest BCUT2D eigenvalue weighted by atomic mass is 16.6. The van der Waals surface area contributed by atoms with E-state index in [0.29, 0.717) is 25.6 Å². The maximum absolute atomic E-state index is 11.4. The summed E-state index contributed by atoms with van der Waals surface area (Å²) in [5, 5.41) is 3.32. The molecule has 2 fully saturated rings. The monoisotopic (exact) mass is 213 g/mol. The fourth-order valence-electron chi connectivity index (χ4n) is 2.02. The molecule has 86 valence electrons. The van der Waals surface area contributed by atoms with Crippen LogP contribution >= 0.6 is 0 Å². The first-order valence-corrected chi connectivity index (χ1v) is 5.82. The van der Waals surface area contributed by atoms with Crippen LogP contribution in [0.3, 0.4) is 0 Å². The number of ether oxygens (including phenoxy) is 2. The van der Waals surface area contributed by atoms with Crippen molar-refractivity contribution >= 4 is 5.97 Å². The first kappa shape index (κ1) is 10.9. The molecule has 0 aromatic heterocycles. The van der Waals surface area contributed by atoms with Gasteiger partial charge in [-0.25, -0.2) is 0 Å². The minimum absolute atomic E-state index is 0.0329. The van der Waals surface area contributed by atoms with Crippen LogP contribution in [0, 0.1) is 5.92 Å². The van der Waals surface area contributed by atoms with Gasteiger partial charge in [0.25, 0.3) is 0 Å². The summed E-state index contributed by atoms with van der Waals surface area (Å²) < 4.78 is 10.1. The number of hydrogen-bond donors (Lipinski definition) is 1. The van der Waals surface area contributed by atoms with E-state index in [1.165, 1.54) is 12.8 Å². The zero-order valence-electron chi connectivity index (χ0n) is 9.04. The fourth-order valence-corrected chi connectivity index (χ4v) is 2.02. The molecule has 4 heteroatoms. The van der Waals surface area contributed by atoms with Crippen LogP contribution in [0.1, 0.15) is 25.7 Å². The second-order valence-corrected chi connectivity index (χ2v) is 4.38. The van der Waals surface area contributed by atoms with Crippen molar-refractivity contribution in [2.24, 2.45) is 5.92 Å². The van der Waals surface area contributed by atoms with Crippen molar-refractivity contribution in [3.8, 4) is 0 Å². The van der Waals surface area contributed by atoms with E-state index in [4.69, 9.17) is 9.47 Å². The van der Waals surface area contributed by atoms with Gasteiger partial charge in [-0.05, 0) is 38.3 Å². The molecule has 1 N–H and O–H groups in total. The Balaban J connectivity index is 1.57. The summed E-state index contributed by atoms with van der Waals surface area (Å²) in [6.07, 6.45) is 3.97. The average molecular weight is 213 g/mol. The molecule has 2 aliphatic rings. The van der Waals surface area contributed by atoms with E-state index < -0.39 is 0 Å². The molecular weight excluding hydrogens is 194 g/mol. The van der Waals surface area contributed by atoms with Crippen LogP contribution in [0.25, 0.3) is 0 Å². The van der Waals surface area contributed by atoms with Crippen LogP contribution in [0.5, 0.6) is 0 Å². The molecule has 0 saturated carbocycles. The topological polar surface area (TPSA) is 47.6 Å². The maximum atomic E-state index is 11.4. The molecule has 2 saturated heterocycles. The highest BCUT2D eigenvalue weighted by Crippen LogP contribution is 2.18. The summed E-state index contributed by atoms with van der Waals surface area (Å²) >= 11 is 0. The van der Waals surface area contributed by atoms with Crippen LogP contribution in [-0.4, -0.2) is 38.4 Å². The molecule has 2 aliphatic heterocycles. The molecule has 0 atom stereocenters. The van der Waals surface area contributed by atoms with Crippen molar-refractivity contribution < 1.29 is 14.3 Å². The molecule has 0 aromatic rings. The minimum Gasteiger partial charge on any atom is -0.457 e. The van der Waals surface area contributed by atoms with Gasteiger partial charge >= 0.3 is 5.97 Å². The van der Waals surface area contributed by atoms with Gasteiger partial charge in [-0.2, -0.15) is 0 Å². The van der Waals surface area contributed by atoms with Crippen LogP contribution in [-0.2, 0) is 14.3 Å². The molecular formula is C11H19NO3. The summed E-state index contributed by atoms with van der Waals surface area (Å²) in [7, 11) is 0. The Bertz CT molecular complexity index is 210. The summed E-state index contributed by atoms with van der Waals surface area (Å²) in [4.78, 5) is 11.4. The van der Waals surface area contributed by atoms with E-state index in [2.05, 4.69) is 5.32 Å². The lowest BCUT2D eigenvalue weighted by Gasteiger charge is -2.26. The van der Waals surface area contributed by atoms with Crippen molar-refractivity contribution in [3.05, 3.63) is 0 Å². The molecule has 0 spiro atoms. The molecule has 0 bridgehead atoms. The van der Waals surface area contributed by atoms with Crippen LogP contribution in [0.2, 0.25) is 0 Å². The van der Waals surface area contributed by atoms with Gasteiger partial charge in [0.05, 0.1) is 13.2 Å². The Morgan fingerprint density at radius 2 is 2.07 bits per heavy atom. The number of nitrogens with one attached hydrogen (secondary N) is 1. The zero-order valence-corrected chi connectivity index (χ0v) is 9.04. The summed E-state index contributed by atoms with van der Waals surface area (Å²) in [6.45, 7) is 3.35. The largest absolute Gasteiger partial charge is 0.457 e. The van der Waals surface area contributed by atoms with E-state index >= 15 is 0 Å². The average Bonchev–Trinajstić information content (AvgIpc) is 2.22. The van der Waals surface area contributed by atoms with Gasteiger partial charge in [0.1, 0.15) is 6.10 Å². The highest BCUT2D eigenvalue weighted by Gasteiger charge is 2.23. The van der Waals surface area contributed by atoms with E-state index in [1.807, 2.05) is 0 Å². The summed E-state index contributed by atoms with van der Waals surface area (Å²) in [5.41, 5.74) is 0. The predicted octanol–water partition coefficient (Wildman–Crippen LogP) is 0.708. The third-order valence-corrected chi connectivity index (χ3v) is 3.12. The summed E-state index contributed by atoms with van der Waals surface area (Å²) in [5.74, 6) is 0.651. The Kier molecular flexibility index (Phi) is 3.97. The molecule has 0 aromatic carbocycles. The van der Waals surface area contributed by atoms with Crippen molar-refractivity contribution in [1.29, 1.82) is 0 Å². The molecule has 0 unspecified atom stereocenters. The standard InChI is InChI=1S/C11H19NO3/c13-11(15-10-7-14-8-10)2-1-9-3-5-12-6-4-9/h9-10,12H,1-8H2. The Morgan fingerprint density at radius 3 is 2.67 bits per heavy atom. The lowest BCUT2D eigenvalue weighted by atomic mass is 9.93. The van der Waals surface area contributed by atoms with Gasteiger partial charge in [-0.3, -0.25) is 4.79 Å². The maximum Gasteiger partial charge on any atom is 0.306 e. The third kappa shape index (κ3) is 3.47. The van der Waals surface area contributed by atoms with Gasteiger partial charge in [0.15, 0.2) is 0 Å². The molecule has 4 nitrogen and oxygen atoms in total. The quantitative estimate of drug-likeness (QED) is 0.699.